The van der Waals surface area contributed by atoms with Crippen molar-refractivity contribution in [3.05, 3.63) is 0 Å². The molecule has 0 aromatic rings. The number of hydrogen-bond acceptors (Lipinski definition) is 3. The molecule has 1 aliphatic rings. The topological polar surface area (TPSA) is 92.4 Å². The van der Waals surface area contributed by atoms with E-state index in [0.29, 0.717) is 31.7 Å². The first-order chi connectivity index (χ1) is 9.43. The zero-order chi connectivity index (χ0) is 15.2. The fourth-order valence-corrected chi connectivity index (χ4v) is 2.78. The van der Waals surface area contributed by atoms with Crippen molar-refractivity contribution in [2.24, 2.45) is 23.0 Å². The van der Waals surface area contributed by atoms with Crippen molar-refractivity contribution in [2.45, 2.75) is 52.4 Å². The highest BCUT2D eigenvalue weighted by Gasteiger charge is 2.41. The molecule has 0 saturated heterocycles. The van der Waals surface area contributed by atoms with Crippen LogP contribution >= 0.6 is 0 Å². The van der Waals surface area contributed by atoms with Crippen molar-refractivity contribution in [1.29, 1.82) is 0 Å². The summed E-state index contributed by atoms with van der Waals surface area (Å²) in [6.07, 6.45) is 4.39. The number of aliphatic carboxylic acids is 1. The summed E-state index contributed by atoms with van der Waals surface area (Å²) in [5.74, 6) is -0.0980. The predicted molar refractivity (Wildman–Crippen MR) is 78.2 cm³/mol. The molecule has 1 unspecified atom stereocenters. The number of hydrogen-bond donors (Lipinski definition) is 3. The lowest BCUT2D eigenvalue weighted by atomic mass is 9.71. The van der Waals surface area contributed by atoms with Crippen molar-refractivity contribution >= 4 is 11.9 Å². The number of carbonyl (C=O) groups is 2. The molecule has 0 bridgehead atoms. The minimum Gasteiger partial charge on any atom is -0.481 e. The summed E-state index contributed by atoms with van der Waals surface area (Å²) < 4.78 is 0. The van der Waals surface area contributed by atoms with Gasteiger partial charge in [0.2, 0.25) is 5.91 Å². The van der Waals surface area contributed by atoms with Crippen molar-refractivity contribution in [2.75, 3.05) is 13.1 Å². The van der Waals surface area contributed by atoms with Gasteiger partial charge in [0.25, 0.3) is 0 Å². The van der Waals surface area contributed by atoms with Gasteiger partial charge in [-0.1, -0.05) is 20.3 Å². The molecule has 20 heavy (non-hydrogen) atoms. The van der Waals surface area contributed by atoms with Gasteiger partial charge in [-0.15, -0.1) is 0 Å². The first-order valence-electron chi connectivity index (χ1n) is 7.63. The number of nitrogens with two attached hydrogens (primary N) is 1. The average Bonchev–Trinajstić information content (AvgIpc) is 2.44. The van der Waals surface area contributed by atoms with Gasteiger partial charge in [-0.05, 0) is 44.1 Å². The summed E-state index contributed by atoms with van der Waals surface area (Å²) in [5.41, 5.74) is 4.81. The van der Waals surface area contributed by atoms with E-state index in [1.54, 1.807) is 0 Å². The summed E-state index contributed by atoms with van der Waals surface area (Å²) in [5, 5.41) is 12.3. The Morgan fingerprint density at radius 2 is 2.00 bits per heavy atom. The molecule has 1 aliphatic carbocycles. The molecule has 0 heterocycles. The van der Waals surface area contributed by atoms with Crippen LogP contribution in [0.25, 0.3) is 0 Å². The van der Waals surface area contributed by atoms with Gasteiger partial charge in [0.15, 0.2) is 0 Å². The molecule has 1 atom stereocenters. The van der Waals surface area contributed by atoms with Crippen molar-refractivity contribution < 1.29 is 14.7 Å². The molecule has 116 valence electrons. The smallest absolute Gasteiger partial charge is 0.311 e. The van der Waals surface area contributed by atoms with Gasteiger partial charge in [0.1, 0.15) is 0 Å². The number of carboxylic acids is 1. The van der Waals surface area contributed by atoms with E-state index in [1.807, 2.05) is 6.92 Å². The van der Waals surface area contributed by atoms with Gasteiger partial charge < -0.3 is 16.2 Å². The third-order valence-electron chi connectivity index (χ3n) is 4.69. The molecule has 5 heteroatoms. The van der Waals surface area contributed by atoms with Crippen LogP contribution in [0.5, 0.6) is 0 Å². The van der Waals surface area contributed by atoms with Crippen LogP contribution in [0.3, 0.4) is 0 Å². The second-order valence-electron chi connectivity index (χ2n) is 6.26. The Balaban J connectivity index is 2.51. The number of amides is 1. The fraction of sp³-hybridized carbons (Fsp3) is 0.867. The second-order valence-corrected chi connectivity index (χ2v) is 6.26. The zero-order valence-electron chi connectivity index (χ0n) is 12.7. The molecule has 5 nitrogen and oxygen atoms in total. The van der Waals surface area contributed by atoms with Crippen LogP contribution in [0.1, 0.15) is 52.4 Å². The highest BCUT2D eigenvalue weighted by molar-refractivity contribution is 5.79. The van der Waals surface area contributed by atoms with Gasteiger partial charge in [0, 0.05) is 13.0 Å². The molecule has 0 aromatic heterocycles. The Labute approximate surface area is 121 Å². The molecule has 0 aliphatic heterocycles. The quantitative estimate of drug-likeness (QED) is 0.664. The van der Waals surface area contributed by atoms with Gasteiger partial charge in [0.05, 0.1) is 5.41 Å². The molecule has 0 aromatic carbocycles. The van der Waals surface area contributed by atoms with Gasteiger partial charge in [-0.3, -0.25) is 9.59 Å². The van der Waals surface area contributed by atoms with E-state index in [1.165, 1.54) is 0 Å². The SMILES string of the molecule is CCC(CN)CC(=O)NCC1(C(=O)O)CCC(C)CC1. The van der Waals surface area contributed by atoms with Gasteiger partial charge in [-0.25, -0.2) is 0 Å². The highest BCUT2D eigenvalue weighted by Crippen LogP contribution is 2.38. The predicted octanol–water partition coefficient (Wildman–Crippen LogP) is 1.76. The molecule has 0 radical (unpaired) electrons. The minimum atomic E-state index is -0.782. The molecular weight excluding hydrogens is 256 g/mol. The maximum atomic E-state index is 11.9. The second kappa shape index (κ2) is 7.62. The van der Waals surface area contributed by atoms with E-state index in [0.717, 1.165) is 19.3 Å². The third-order valence-corrected chi connectivity index (χ3v) is 4.69. The van der Waals surface area contributed by atoms with Gasteiger partial charge in [-0.2, -0.15) is 0 Å². The number of nitrogens with one attached hydrogen (secondary N) is 1. The summed E-state index contributed by atoms with van der Waals surface area (Å²) in [4.78, 5) is 23.4. The van der Waals surface area contributed by atoms with E-state index in [9.17, 15) is 14.7 Å². The Kier molecular flexibility index (Phi) is 6.46. The number of rotatable bonds is 7. The normalized spacial score (nSPS) is 27.9. The van der Waals surface area contributed by atoms with Crippen LogP contribution in [-0.4, -0.2) is 30.1 Å². The zero-order valence-corrected chi connectivity index (χ0v) is 12.7. The van der Waals surface area contributed by atoms with Crippen LogP contribution in [0.4, 0.5) is 0 Å². The van der Waals surface area contributed by atoms with Crippen LogP contribution in [0, 0.1) is 17.3 Å². The molecule has 1 fully saturated rings. The Hall–Kier alpha value is -1.10. The maximum Gasteiger partial charge on any atom is 0.311 e. The minimum absolute atomic E-state index is 0.0819. The molecule has 4 N–H and O–H groups in total. The van der Waals surface area contributed by atoms with Crippen LogP contribution in [-0.2, 0) is 9.59 Å². The van der Waals surface area contributed by atoms with Crippen molar-refractivity contribution in [3.63, 3.8) is 0 Å². The Bertz CT molecular complexity index is 332. The lowest BCUT2D eigenvalue weighted by Crippen LogP contribution is -2.45. The summed E-state index contributed by atoms with van der Waals surface area (Å²) in [7, 11) is 0. The van der Waals surface area contributed by atoms with E-state index in [4.69, 9.17) is 5.73 Å². The summed E-state index contributed by atoms with van der Waals surface area (Å²) in [6.45, 7) is 4.89. The molecular formula is C15H28N2O3. The van der Waals surface area contributed by atoms with Crippen molar-refractivity contribution in [1.82, 2.24) is 5.32 Å². The van der Waals surface area contributed by atoms with E-state index in [-0.39, 0.29) is 18.4 Å². The number of carbonyl (C=O) groups excluding carboxylic acids is 1. The molecule has 1 saturated carbocycles. The lowest BCUT2D eigenvalue weighted by molar-refractivity contribution is -0.151. The maximum absolute atomic E-state index is 11.9. The van der Waals surface area contributed by atoms with E-state index < -0.39 is 11.4 Å². The lowest BCUT2D eigenvalue weighted by Gasteiger charge is -2.35. The third kappa shape index (κ3) is 4.47. The summed E-state index contributed by atoms with van der Waals surface area (Å²) >= 11 is 0. The summed E-state index contributed by atoms with van der Waals surface area (Å²) in [6, 6.07) is 0. The standard InChI is InChI=1S/C15H28N2O3/c1-3-12(9-16)8-13(18)17-10-15(14(19)20)6-4-11(2)5-7-15/h11-12H,3-10,16H2,1-2H3,(H,17,18)(H,19,20). The fourth-order valence-electron chi connectivity index (χ4n) is 2.78. The first-order valence-corrected chi connectivity index (χ1v) is 7.63. The highest BCUT2D eigenvalue weighted by atomic mass is 16.4. The van der Waals surface area contributed by atoms with E-state index >= 15 is 0 Å². The van der Waals surface area contributed by atoms with E-state index in [2.05, 4.69) is 12.2 Å². The molecule has 0 spiro atoms. The molecule has 1 rings (SSSR count). The van der Waals surface area contributed by atoms with Gasteiger partial charge >= 0.3 is 5.97 Å². The average molecular weight is 284 g/mol. The van der Waals surface area contributed by atoms with Crippen LogP contribution in [0.2, 0.25) is 0 Å². The monoisotopic (exact) mass is 284 g/mol. The number of carboxylic acid groups (broad SMARTS) is 1. The van der Waals surface area contributed by atoms with Crippen LogP contribution in [0.15, 0.2) is 0 Å². The molecule has 1 amide bonds. The van der Waals surface area contributed by atoms with Crippen molar-refractivity contribution in [3.8, 4) is 0 Å². The van der Waals surface area contributed by atoms with Crippen LogP contribution < -0.4 is 11.1 Å². The Morgan fingerprint density at radius 1 is 1.40 bits per heavy atom. The first kappa shape index (κ1) is 17.0. The largest absolute Gasteiger partial charge is 0.481 e. The Morgan fingerprint density at radius 3 is 2.45 bits per heavy atom.